The predicted octanol–water partition coefficient (Wildman–Crippen LogP) is 1.87. The maximum Gasteiger partial charge on any atom is 0.0733 e. The molecule has 0 saturated carbocycles. The molecule has 4 unspecified atom stereocenters. The number of ether oxygens (including phenoxy) is 1. The van der Waals surface area contributed by atoms with Crippen molar-refractivity contribution in [2.45, 2.75) is 63.9 Å². The fraction of sp³-hybridized carbons (Fsp3) is 0.769. The van der Waals surface area contributed by atoms with Crippen LogP contribution in [0, 0.1) is 0 Å². The van der Waals surface area contributed by atoms with Gasteiger partial charge in [0.1, 0.15) is 0 Å². The van der Waals surface area contributed by atoms with E-state index >= 15 is 0 Å². The van der Waals surface area contributed by atoms with Gasteiger partial charge < -0.3 is 10.1 Å². The first-order valence-corrected chi connectivity index (χ1v) is 6.70. The maximum atomic E-state index is 5.86. The molecule has 3 heterocycles. The number of hydrogen-bond acceptors (Lipinski definition) is 3. The molecule has 1 N–H and O–H groups in total. The first kappa shape index (κ1) is 11.2. The first-order valence-electron chi connectivity index (χ1n) is 6.70. The Hall–Kier alpha value is -0.870. The fourth-order valence-corrected chi connectivity index (χ4v) is 3.01. The molecule has 2 aliphatic rings. The molecule has 94 valence electrons. The van der Waals surface area contributed by atoms with Gasteiger partial charge >= 0.3 is 0 Å². The van der Waals surface area contributed by atoms with Crippen LogP contribution in [0.2, 0.25) is 0 Å². The molecule has 2 saturated heterocycles. The van der Waals surface area contributed by atoms with E-state index in [9.17, 15) is 0 Å². The van der Waals surface area contributed by atoms with E-state index in [2.05, 4.69) is 30.5 Å². The van der Waals surface area contributed by atoms with Gasteiger partial charge in [0.05, 0.1) is 18.4 Å². The van der Waals surface area contributed by atoms with Gasteiger partial charge in [-0.1, -0.05) is 0 Å². The second-order valence-electron chi connectivity index (χ2n) is 5.23. The fourth-order valence-electron chi connectivity index (χ4n) is 3.01. The van der Waals surface area contributed by atoms with Crippen LogP contribution in [0.5, 0.6) is 0 Å². The molecule has 4 atom stereocenters. The minimum atomic E-state index is 0.364. The average molecular weight is 235 g/mol. The van der Waals surface area contributed by atoms with Crippen molar-refractivity contribution in [1.82, 2.24) is 15.1 Å². The van der Waals surface area contributed by atoms with Crippen molar-refractivity contribution in [3.8, 4) is 0 Å². The zero-order chi connectivity index (χ0) is 11.8. The van der Waals surface area contributed by atoms with Gasteiger partial charge in [0.2, 0.25) is 0 Å². The summed E-state index contributed by atoms with van der Waals surface area (Å²) in [5.74, 6) is 0. The van der Waals surface area contributed by atoms with E-state index < -0.39 is 0 Å². The molecule has 0 spiro atoms. The third-order valence-electron chi connectivity index (χ3n) is 4.05. The third kappa shape index (κ3) is 2.11. The van der Waals surface area contributed by atoms with Gasteiger partial charge in [0.25, 0.3) is 0 Å². The normalized spacial score (nSPS) is 33.2. The maximum absolute atomic E-state index is 5.86. The molecule has 0 aliphatic carbocycles. The summed E-state index contributed by atoms with van der Waals surface area (Å²) in [6, 6.07) is 0.900. The Labute approximate surface area is 102 Å². The molecule has 1 aromatic rings. The zero-order valence-corrected chi connectivity index (χ0v) is 10.6. The van der Waals surface area contributed by atoms with Gasteiger partial charge in [-0.25, -0.2) is 0 Å². The molecule has 4 heteroatoms. The van der Waals surface area contributed by atoms with E-state index in [1.54, 1.807) is 0 Å². The summed E-state index contributed by atoms with van der Waals surface area (Å²) in [4.78, 5) is 0. The summed E-state index contributed by atoms with van der Waals surface area (Å²) in [6.07, 6.45) is 8.72. The van der Waals surface area contributed by atoms with Crippen LogP contribution in [-0.4, -0.2) is 28.0 Å². The second kappa shape index (κ2) is 4.42. The summed E-state index contributed by atoms with van der Waals surface area (Å²) in [7, 11) is 0. The summed E-state index contributed by atoms with van der Waals surface area (Å²) < 4.78 is 7.84. The Balaban J connectivity index is 1.61. The first-order chi connectivity index (χ1) is 8.26. The topological polar surface area (TPSA) is 39.1 Å². The summed E-state index contributed by atoms with van der Waals surface area (Å²) >= 11 is 0. The minimum absolute atomic E-state index is 0.364. The van der Waals surface area contributed by atoms with Gasteiger partial charge in [-0.15, -0.1) is 0 Å². The number of fused-ring (bicyclic) bond motifs is 2. The average Bonchev–Trinajstić information content (AvgIpc) is 3.04. The molecule has 0 aromatic carbocycles. The zero-order valence-electron chi connectivity index (χ0n) is 10.6. The lowest BCUT2D eigenvalue weighted by Gasteiger charge is -2.23. The van der Waals surface area contributed by atoms with Gasteiger partial charge in [-0.05, 0) is 33.1 Å². The van der Waals surface area contributed by atoms with Gasteiger partial charge in [-0.3, -0.25) is 4.68 Å². The van der Waals surface area contributed by atoms with Crippen LogP contribution in [0.15, 0.2) is 12.4 Å². The molecule has 4 nitrogen and oxygen atoms in total. The number of hydrogen-bond donors (Lipinski definition) is 1. The van der Waals surface area contributed by atoms with E-state index in [1.807, 2.05) is 10.9 Å². The highest BCUT2D eigenvalue weighted by Gasteiger charge is 2.41. The molecule has 3 rings (SSSR count). The van der Waals surface area contributed by atoms with Crippen LogP contribution in [0.4, 0.5) is 0 Å². The monoisotopic (exact) mass is 235 g/mol. The Morgan fingerprint density at radius 2 is 2.47 bits per heavy atom. The van der Waals surface area contributed by atoms with Crippen molar-refractivity contribution >= 4 is 0 Å². The summed E-state index contributed by atoms with van der Waals surface area (Å²) in [5, 5.41) is 8.01. The lowest BCUT2D eigenvalue weighted by atomic mass is 9.94. The van der Waals surface area contributed by atoms with Crippen molar-refractivity contribution in [1.29, 1.82) is 0 Å². The third-order valence-corrected chi connectivity index (χ3v) is 4.05. The number of nitrogens with zero attached hydrogens (tertiary/aromatic N) is 2. The molecule has 1 aromatic heterocycles. The van der Waals surface area contributed by atoms with Crippen LogP contribution in [0.1, 0.15) is 44.7 Å². The lowest BCUT2D eigenvalue weighted by molar-refractivity contribution is 0.0962. The number of nitrogens with one attached hydrogen (secondary N) is 1. The molecule has 0 radical (unpaired) electrons. The van der Waals surface area contributed by atoms with Crippen molar-refractivity contribution in [2.24, 2.45) is 0 Å². The number of aromatic nitrogens is 2. The Morgan fingerprint density at radius 1 is 1.59 bits per heavy atom. The van der Waals surface area contributed by atoms with Crippen molar-refractivity contribution in [3.63, 3.8) is 0 Å². The van der Waals surface area contributed by atoms with Crippen LogP contribution < -0.4 is 5.32 Å². The van der Waals surface area contributed by atoms with Crippen LogP contribution >= 0.6 is 0 Å². The molecule has 2 fully saturated rings. The molecule has 0 amide bonds. The minimum Gasteiger partial charge on any atom is -0.373 e. The van der Waals surface area contributed by atoms with E-state index in [4.69, 9.17) is 4.74 Å². The van der Waals surface area contributed by atoms with Gasteiger partial charge in [0, 0.05) is 30.4 Å². The standard InChI is InChI=1S/C13H21N3O/c1-3-16-8-10(7-14-16)9(2)15-12-6-11-4-5-13(12)17-11/h7-9,11-13,15H,3-6H2,1-2H3. The molecule has 2 aliphatic heterocycles. The Kier molecular flexibility index (Phi) is 2.92. The molecular weight excluding hydrogens is 214 g/mol. The van der Waals surface area contributed by atoms with Crippen LogP contribution in [0.25, 0.3) is 0 Å². The molecular formula is C13H21N3O. The second-order valence-corrected chi connectivity index (χ2v) is 5.23. The Bertz CT molecular complexity index is 390. The predicted molar refractivity (Wildman–Crippen MR) is 65.8 cm³/mol. The van der Waals surface area contributed by atoms with E-state index in [-0.39, 0.29) is 0 Å². The van der Waals surface area contributed by atoms with Crippen molar-refractivity contribution in [3.05, 3.63) is 18.0 Å². The van der Waals surface area contributed by atoms with Gasteiger partial charge in [-0.2, -0.15) is 5.10 Å². The van der Waals surface area contributed by atoms with Crippen LogP contribution in [-0.2, 0) is 11.3 Å². The van der Waals surface area contributed by atoms with E-state index in [0.29, 0.717) is 24.3 Å². The molecule has 2 bridgehead atoms. The summed E-state index contributed by atoms with van der Waals surface area (Å²) in [6.45, 7) is 5.26. The lowest BCUT2D eigenvalue weighted by Crippen LogP contribution is -2.38. The Morgan fingerprint density at radius 3 is 3.06 bits per heavy atom. The van der Waals surface area contributed by atoms with Crippen molar-refractivity contribution < 1.29 is 4.74 Å². The van der Waals surface area contributed by atoms with Gasteiger partial charge in [0.15, 0.2) is 0 Å². The quantitative estimate of drug-likeness (QED) is 0.866. The van der Waals surface area contributed by atoms with Crippen molar-refractivity contribution in [2.75, 3.05) is 0 Å². The van der Waals surface area contributed by atoms with E-state index in [0.717, 1.165) is 6.54 Å². The van der Waals surface area contributed by atoms with E-state index in [1.165, 1.54) is 24.8 Å². The highest BCUT2D eigenvalue weighted by atomic mass is 16.5. The number of rotatable bonds is 4. The largest absolute Gasteiger partial charge is 0.373 e. The van der Waals surface area contributed by atoms with Crippen LogP contribution in [0.3, 0.4) is 0 Å². The SMILES string of the molecule is CCn1cc(C(C)NC2CC3CCC2O3)cn1. The highest BCUT2D eigenvalue weighted by Crippen LogP contribution is 2.35. The molecule has 17 heavy (non-hydrogen) atoms. The smallest absolute Gasteiger partial charge is 0.0733 e. The summed E-state index contributed by atoms with van der Waals surface area (Å²) in [5.41, 5.74) is 1.27. The highest BCUT2D eigenvalue weighted by molar-refractivity contribution is 5.10. The number of aryl methyl sites for hydroxylation is 1.